The molecule has 3 heterocycles. The monoisotopic (exact) mass is 300 g/mol. The number of rotatable bonds is 4. The third-order valence-electron chi connectivity index (χ3n) is 4.84. The van der Waals surface area contributed by atoms with Crippen molar-refractivity contribution in [3.05, 3.63) is 42.0 Å². The molecule has 0 aromatic carbocycles. The van der Waals surface area contributed by atoms with Gasteiger partial charge < -0.3 is 9.47 Å². The summed E-state index contributed by atoms with van der Waals surface area (Å²) in [4.78, 5) is 14.6. The van der Waals surface area contributed by atoms with Crippen LogP contribution in [0.15, 0.2) is 30.7 Å². The van der Waals surface area contributed by atoms with Crippen LogP contribution in [0.4, 0.5) is 0 Å². The van der Waals surface area contributed by atoms with Gasteiger partial charge in [-0.2, -0.15) is 5.10 Å². The van der Waals surface area contributed by atoms with Crippen LogP contribution < -0.4 is 0 Å². The Bertz CT molecular complexity index is 621. The Labute approximate surface area is 131 Å². The second kappa shape index (κ2) is 6.38. The Morgan fingerprint density at radius 3 is 2.68 bits per heavy atom. The highest BCUT2D eigenvalue weighted by molar-refractivity contribution is 5.95. The first-order chi connectivity index (χ1) is 10.6. The molecule has 0 spiro atoms. The van der Waals surface area contributed by atoms with E-state index in [-0.39, 0.29) is 5.91 Å². The van der Waals surface area contributed by atoms with Crippen LogP contribution in [0.5, 0.6) is 0 Å². The van der Waals surface area contributed by atoms with Gasteiger partial charge >= 0.3 is 0 Å². The lowest BCUT2D eigenvalue weighted by atomic mass is 9.93. The van der Waals surface area contributed by atoms with E-state index >= 15 is 0 Å². The van der Waals surface area contributed by atoms with Crippen LogP contribution in [0.25, 0.3) is 0 Å². The Hall–Kier alpha value is -2.04. The molecule has 22 heavy (non-hydrogen) atoms. The number of aryl methyl sites for hydroxylation is 2. The van der Waals surface area contributed by atoms with Crippen molar-refractivity contribution in [1.82, 2.24) is 19.2 Å². The van der Waals surface area contributed by atoms with E-state index in [1.54, 1.807) is 0 Å². The number of carbonyl (C=O) groups is 1. The molecule has 2 aromatic rings. The zero-order valence-corrected chi connectivity index (χ0v) is 13.4. The van der Waals surface area contributed by atoms with Crippen LogP contribution in [-0.4, -0.2) is 38.2 Å². The molecule has 1 fully saturated rings. The average molecular weight is 300 g/mol. The molecule has 0 saturated carbocycles. The Morgan fingerprint density at radius 2 is 2.09 bits per heavy atom. The number of likely N-dealkylation sites (tertiary alicyclic amines) is 1. The minimum absolute atomic E-state index is 0.184. The van der Waals surface area contributed by atoms with Gasteiger partial charge in [0.25, 0.3) is 5.91 Å². The number of carbonyl (C=O) groups excluding carboxylic acids is 1. The molecule has 5 heteroatoms. The number of aromatic nitrogens is 3. The van der Waals surface area contributed by atoms with Crippen molar-refractivity contribution < 1.29 is 4.79 Å². The van der Waals surface area contributed by atoms with Crippen LogP contribution in [0.1, 0.15) is 35.3 Å². The predicted octanol–water partition coefficient (Wildman–Crippen LogP) is 2.47. The second-order valence-corrected chi connectivity index (χ2v) is 6.22. The Balaban J connectivity index is 1.51. The highest BCUT2D eigenvalue weighted by Crippen LogP contribution is 2.23. The highest BCUT2D eigenvalue weighted by Gasteiger charge is 2.25. The van der Waals surface area contributed by atoms with Gasteiger partial charge in [0.2, 0.25) is 0 Å². The van der Waals surface area contributed by atoms with Crippen LogP contribution in [-0.2, 0) is 13.6 Å². The number of hydrogen-bond acceptors (Lipinski definition) is 2. The minimum atomic E-state index is 0.184. The lowest BCUT2D eigenvalue weighted by molar-refractivity contribution is 0.0683. The lowest BCUT2D eigenvalue weighted by Crippen LogP contribution is -2.38. The zero-order valence-electron chi connectivity index (χ0n) is 13.4. The molecule has 1 amide bonds. The molecule has 0 N–H and O–H groups in total. The van der Waals surface area contributed by atoms with E-state index in [1.165, 1.54) is 0 Å². The normalized spacial score (nSPS) is 16.2. The molecule has 0 atom stereocenters. The molecule has 1 aliphatic heterocycles. The maximum absolute atomic E-state index is 12.6. The average Bonchev–Trinajstić information content (AvgIpc) is 3.16. The summed E-state index contributed by atoms with van der Waals surface area (Å²) in [7, 11) is 1.98. The van der Waals surface area contributed by atoms with E-state index in [4.69, 9.17) is 0 Å². The maximum Gasteiger partial charge on any atom is 0.255 e. The summed E-state index contributed by atoms with van der Waals surface area (Å²) < 4.78 is 3.99. The summed E-state index contributed by atoms with van der Waals surface area (Å²) >= 11 is 0. The third-order valence-corrected chi connectivity index (χ3v) is 4.84. The summed E-state index contributed by atoms with van der Waals surface area (Å²) in [5.74, 6) is 0.883. The molecule has 2 aromatic heterocycles. The van der Waals surface area contributed by atoms with Gasteiger partial charge in [-0.3, -0.25) is 9.48 Å². The molecular formula is C17H24N4O. The van der Waals surface area contributed by atoms with Crippen molar-refractivity contribution in [3.8, 4) is 0 Å². The molecule has 1 saturated heterocycles. The van der Waals surface area contributed by atoms with Gasteiger partial charge in [-0.1, -0.05) is 0 Å². The first kappa shape index (κ1) is 14.9. The highest BCUT2D eigenvalue weighted by atomic mass is 16.2. The van der Waals surface area contributed by atoms with Crippen molar-refractivity contribution in [2.75, 3.05) is 13.1 Å². The van der Waals surface area contributed by atoms with Gasteiger partial charge in [-0.15, -0.1) is 0 Å². The molecule has 1 aliphatic rings. The van der Waals surface area contributed by atoms with Gasteiger partial charge in [-0.05, 0) is 44.2 Å². The van der Waals surface area contributed by atoms with Crippen molar-refractivity contribution in [2.45, 2.75) is 32.7 Å². The van der Waals surface area contributed by atoms with Gasteiger partial charge in [0.15, 0.2) is 0 Å². The fourth-order valence-electron chi connectivity index (χ4n) is 3.18. The van der Waals surface area contributed by atoms with Crippen molar-refractivity contribution in [1.29, 1.82) is 0 Å². The van der Waals surface area contributed by atoms with E-state index in [2.05, 4.69) is 5.10 Å². The van der Waals surface area contributed by atoms with Crippen molar-refractivity contribution >= 4 is 5.91 Å². The topological polar surface area (TPSA) is 43.1 Å². The molecule has 5 nitrogen and oxygen atoms in total. The van der Waals surface area contributed by atoms with Crippen LogP contribution in [0.3, 0.4) is 0 Å². The molecular weight excluding hydrogens is 276 g/mol. The standard InChI is InChI=1S/C17H24N4O/c1-14-16(7-10-19(14)2)17(22)20-11-4-15(5-12-20)6-13-21-9-3-8-18-21/h3,7-10,15H,4-6,11-13H2,1-2H3. The number of amides is 1. The summed E-state index contributed by atoms with van der Waals surface area (Å²) in [6.45, 7) is 4.72. The quantitative estimate of drug-likeness (QED) is 0.870. The summed E-state index contributed by atoms with van der Waals surface area (Å²) in [6, 6.07) is 3.89. The molecule has 0 aliphatic carbocycles. The van der Waals surface area contributed by atoms with Crippen LogP contribution in [0, 0.1) is 12.8 Å². The molecule has 3 rings (SSSR count). The summed E-state index contributed by atoms with van der Waals surface area (Å²) in [5, 5.41) is 4.25. The third kappa shape index (κ3) is 3.08. The second-order valence-electron chi connectivity index (χ2n) is 6.22. The Kier molecular flexibility index (Phi) is 4.32. The van der Waals surface area contributed by atoms with E-state index in [9.17, 15) is 4.79 Å². The molecule has 0 bridgehead atoms. The summed E-state index contributed by atoms with van der Waals surface area (Å²) in [5.41, 5.74) is 1.89. The fraction of sp³-hybridized carbons (Fsp3) is 0.529. The molecule has 0 radical (unpaired) electrons. The summed E-state index contributed by atoms with van der Waals surface area (Å²) in [6.07, 6.45) is 9.13. The van der Waals surface area contributed by atoms with Crippen LogP contribution >= 0.6 is 0 Å². The molecule has 0 unspecified atom stereocenters. The SMILES string of the molecule is Cc1c(C(=O)N2CCC(CCn3cccn3)CC2)ccn1C. The van der Waals surface area contributed by atoms with Gasteiger partial charge in [-0.25, -0.2) is 0 Å². The van der Waals surface area contributed by atoms with Gasteiger partial charge in [0, 0.05) is 51.0 Å². The maximum atomic E-state index is 12.6. The van der Waals surface area contributed by atoms with Crippen LogP contribution in [0.2, 0.25) is 0 Å². The first-order valence-corrected chi connectivity index (χ1v) is 8.04. The van der Waals surface area contributed by atoms with Crippen molar-refractivity contribution in [2.24, 2.45) is 13.0 Å². The predicted molar refractivity (Wildman–Crippen MR) is 85.6 cm³/mol. The van der Waals surface area contributed by atoms with E-state index < -0.39 is 0 Å². The van der Waals surface area contributed by atoms with Gasteiger partial charge in [0.05, 0.1) is 5.56 Å². The van der Waals surface area contributed by atoms with E-state index in [0.717, 1.165) is 50.2 Å². The van der Waals surface area contributed by atoms with Crippen molar-refractivity contribution in [3.63, 3.8) is 0 Å². The zero-order chi connectivity index (χ0) is 15.5. The van der Waals surface area contributed by atoms with E-state index in [1.807, 2.05) is 58.8 Å². The minimum Gasteiger partial charge on any atom is -0.354 e. The number of nitrogens with zero attached hydrogens (tertiary/aromatic N) is 4. The fourth-order valence-corrected chi connectivity index (χ4v) is 3.18. The smallest absolute Gasteiger partial charge is 0.255 e. The van der Waals surface area contributed by atoms with Gasteiger partial charge in [0.1, 0.15) is 0 Å². The Morgan fingerprint density at radius 1 is 1.32 bits per heavy atom. The number of piperidine rings is 1. The lowest BCUT2D eigenvalue weighted by Gasteiger charge is -2.32. The number of hydrogen-bond donors (Lipinski definition) is 0. The molecule has 118 valence electrons. The van der Waals surface area contributed by atoms with E-state index in [0.29, 0.717) is 5.92 Å². The first-order valence-electron chi connectivity index (χ1n) is 8.04. The largest absolute Gasteiger partial charge is 0.354 e.